The van der Waals surface area contributed by atoms with E-state index >= 15 is 0 Å². The summed E-state index contributed by atoms with van der Waals surface area (Å²) in [7, 11) is 0. The third kappa shape index (κ3) is 3.46. The molecule has 2 heterocycles. The number of ether oxygens (including phenoxy) is 1. The summed E-state index contributed by atoms with van der Waals surface area (Å²) in [5.74, 6) is -0.0238. The fourth-order valence-corrected chi connectivity index (χ4v) is 2.05. The quantitative estimate of drug-likeness (QED) is 0.819. The number of carbonyl (C=O) groups excluding carboxylic acids is 2. The Hall–Kier alpha value is -2.11. The van der Waals surface area contributed by atoms with E-state index in [0.717, 1.165) is 0 Å². The minimum absolute atomic E-state index is 0.0238. The first-order chi connectivity index (χ1) is 9.58. The molecular formula is C14H19N3O3. The van der Waals surface area contributed by atoms with Crippen molar-refractivity contribution in [2.45, 2.75) is 20.0 Å². The van der Waals surface area contributed by atoms with Gasteiger partial charge in [-0.25, -0.2) is 4.79 Å². The molecule has 0 saturated carbocycles. The number of nitrogens with zero attached hydrogens (tertiary/aromatic N) is 3. The van der Waals surface area contributed by atoms with E-state index in [2.05, 4.69) is 4.98 Å². The molecule has 0 spiro atoms. The third-order valence-corrected chi connectivity index (χ3v) is 3.09. The number of hydrogen-bond acceptors (Lipinski definition) is 4. The Bertz CT molecular complexity index is 468. The molecule has 1 saturated heterocycles. The lowest BCUT2D eigenvalue weighted by atomic mass is 10.2. The highest BCUT2D eigenvalue weighted by molar-refractivity contribution is 5.94. The Labute approximate surface area is 118 Å². The number of piperazine rings is 1. The van der Waals surface area contributed by atoms with Crippen LogP contribution in [-0.4, -0.2) is 59.1 Å². The molecule has 0 aromatic carbocycles. The van der Waals surface area contributed by atoms with Gasteiger partial charge in [-0.05, 0) is 26.0 Å². The minimum Gasteiger partial charge on any atom is -0.447 e. The highest BCUT2D eigenvalue weighted by Gasteiger charge is 2.25. The zero-order chi connectivity index (χ0) is 14.5. The molecule has 1 aliphatic rings. The van der Waals surface area contributed by atoms with Crippen LogP contribution in [-0.2, 0) is 4.74 Å². The van der Waals surface area contributed by atoms with Gasteiger partial charge in [0.2, 0.25) is 0 Å². The van der Waals surface area contributed by atoms with Crippen LogP contribution in [0.15, 0.2) is 24.5 Å². The summed E-state index contributed by atoms with van der Waals surface area (Å²) >= 11 is 0. The summed E-state index contributed by atoms with van der Waals surface area (Å²) in [6.07, 6.45) is 2.77. The smallest absolute Gasteiger partial charge is 0.410 e. The van der Waals surface area contributed by atoms with Crippen molar-refractivity contribution in [3.05, 3.63) is 30.1 Å². The standard InChI is InChI=1S/C14H19N3O3/c1-11(2)20-14(19)17-9-7-16(8-10-17)13(18)12-3-5-15-6-4-12/h3-6,11H,7-10H2,1-2H3. The van der Waals surface area contributed by atoms with Crippen LogP contribution in [0.2, 0.25) is 0 Å². The van der Waals surface area contributed by atoms with Crippen LogP contribution < -0.4 is 0 Å². The van der Waals surface area contributed by atoms with Crippen molar-refractivity contribution in [1.82, 2.24) is 14.8 Å². The summed E-state index contributed by atoms with van der Waals surface area (Å²) in [5, 5.41) is 0. The topological polar surface area (TPSA) is 62.7 Å². The zero-order valence-electron chi connectivity index (χ0n) is 11.8. The average molecular weight is 277 g/mol. The normalized spacial score (nSPS) is 15.3. The molecule has 2 amide bonds. The number of pyridine rings is 1. The Balaban J connectivity index is 1.88. The summed E-state index contributed by atoms with van der Waals surface area (Å²) < 4.78 is 5.15. The van der Waals surface area contributed by atoms with E-state index in [9.17, 15) is 9.59 Å². The lowest BCUT2D eigenvalue weighted by Gasteiger charge is -2.34. The summed E-state index contributed by atoms with van der Waals surface area (Å²) in [4.78, 5) is 31.2. The molecular weight excluding hydrogens is 258 g/mol. The van der Waals surface area contributed by atoms with Gasteiger partial charge in [-0.3, -0.25) is 9.78 Å². The number of aromatic nitrogens is 1. The van der Waals surface area contributed by atoms with E-state index in [-0.39, 0.29) is 18.1 Å². The third-order valence-electron chi connectivity index (χ3n) is 3.09. The lowest BCUT2D eigenvalue weighted by molar-refractivity contribution is 0.0476. The summed E-state index contributed by atoms with van der Waals surface area (Å²) in [6, 6.07) is 3.39. The largest absolute Gasteiger partial charge is 0.447 e. The predicted octanol–water partition coefficient (Wildman–Crippen LogP) is 1.38. The van der Waals surface area contributed by atoms with Crippen LogP contribution in [0.25, 0.3) is 0 Å². The molecule has 1 fully saturated rings. The minimum atomic E-state index is -0.309. The summed E-state index contributed by atoms with van der Waals surface area (Å²) in [5.41, 5.74) is 0.623. The molecule has 20 heavy (non-hydrogen) atoms. The molecule has 108 valence electrons. The molecule has 0 unspecified atom stereocenters. The van der Waals surface area contributed by atoms with Crippen molar-refractivity contribution in [3.63, 3.8) is 0 Å². The van der Waals surface area contributed by atoms with Gasteiger partial charge >= 0.3 is 6.09 Å². The lowest BCUT2D eigenvalue weighted by Crippen LogP contribution is -2.51. The second kappa shape index (κ2) is 6.36. The molecule has 0 N–H and O–H groups in total. The second-order valence-corrected chi connectivity index (χ2v) is 4.95. The van der Waals surface area contributed by atoms with Crippen molar-refractivity contribution >= 4 is 12.0 Å². The van der Waals surface area contributed by atoms with Crippen LogP contribution in [0.5, 0.6) is 0 Å². The Morgan fingerprint density at radius 3 is 2.20 bits per heavy atom. The molecule has 1 aromatic heterocycles. The van der Waals surface area contributed by atoms with E-state index in [1.54, 1.807) is 34.3 Å². The van der Waals surface area contributed by atoms with Gasteiger partial charge < -0.3 is 14.5 Å². The zero-order valence-corrected chi connectivity index (χ0v) is 11.8. The highest BCUT2D eigenvalue weighted by Crippen LogP contribution is 2.09. The van der Waals surface area contributed by atoms with Gasteiger partial charge in [0.05, 0.1) is 6.10 Å². The van der Waals surface area contributed by atoms with Gasteiger partial charge in [0, 0.05) is 44.1 Å². The molecule has 6 heteroatoms. The van der Waals surface area contributed by atoms with Gasteiger partial charge in [0.25, 0.3) is 5.91 Å². The Morgan fingerprint density at radius 2 is 1.65 bits per heavy atom. The number of amides is 2. The Morgan fingerprint density at radius 1 is 1.10 bits per heavy atom. The second-order valence-electron chi connectivity index (χ2n) is 4.95. The van der Waals surface area contributed by atoms with E-state index < -0.39 is 0 Å². The molecule has 0 radical (unpaired) electrons. The fraction of sp³-hybridized carbons (Fsp3) is 0.500. The van der Waals surface area contributed by atoms with Gasteiger partial charge in [-0.2, -0.15) is 0 Å². The summed E-state index contributed by atoms with van der Waals surface area (Å²) in [6.45, 7) is 5.69. The Kier molecular flexibility index (Phi) is 4.55. The van der Waals surface area contributed by atoms with Crippen molar-refractivity contribution in [2.24, 2.45) is 0 Å². The van der Waals surface area contributed by atoms with E-state index in [1.165, 1.54) is 0 Å². The molecule has 0 aliphatic carbocycles. The first kappa shape index (κ1) is 14.3. The maximum Gasteiger partial charge on any atom is 0.410 e. The van der Waals surface area contributed by atoms with Gasteiger partial charge in [0.1, 0.15) is 0 Å². The molecule has 1 aromatic rings. The molecule has 0 bridgehead atoms. The monoisotopic (exact) mass is 277 g/mol. The first-order valence-electron chi connectivity index (χ1n) is 6.73. The SMILES string of the molecule is CC(C)OC(=O)N1CCN(C(=O)c2ccncc2)CC1. The number of carbonyl (C=O) groups is 2. The maximum atomic E-state index is 12.2. The molecule has 6 nitrogen and oxygen atoms in total. The van der Waals surface area contributed by atoms with Crippen LogP contribution >= 0.6 is 0 Å². The number of rotatable bonds is 2. The van der Waals surface area contributed by atoms with Crippen molar-refractivity contribution < 1.29 is 14.3 Å². The van der Waals surface area contributed by atoms with Crippen molar-refractivity contribution in [2.75, 3.05) is 26.2 Å². The van der Waals surface area contributed by atoms with Crippen LogP contribution in [0.3, 0.4) is 0 Å². The van der Waals surface area contributed by atoms with Crippen LogP contribution in [0, 0.1) is 0 Å². The van der Waals surface area contributed by atoms with Gasteiger partial charge in [-0.1, -0.05) is 0 Å². The average Bonchev–Trinajstić information content (AvgIpc) is 2.47. The fourth-order valence-electron chi connectivity index (χ4n) is 2.05. The van der Waals surface area contributed by atoms with Gasteiger partial charge in [0.15, 0.2) is 0 Å². The highest BCUT2D eigenvalue weighted by atomic mass is 16.6. The molecule has 1 aliphatic heterocycles. The van der Waals surface area contributed by atoms with Crippen molar-refractivity contribution in [3.8, 4) is 0 Å². The van der Waals surface area contributed by atoms with Crippen LogP contribution in [0.1, 0.15) is 24.2 Å². The van der Waals surface area contributed by atoms with Crippen LogP contribution in [0.4, 0.5) is 4.79 Å². The van der Waals surface area contributed by atoms with E-state index in [1.807, 2.05) is 13.8 Å². The maximum absolute atomic E-state index is 12.2. The first-order valence-corrected chi connectivity index (χ1v) is 6.73. The number of hydrogen-bond donors (Lipinski definition) is 0. The van der Waals surface area contributed by atoms with E-state index in [4.69, 9.17) is 4.74 Å². The molecule has 2 rings (SSSR count). The van der Waals surface area contributed by atoms with Gasteiger partial charge in [-0.15, -0.1) is 0 Å². The molecule has 0 atom stereocenters. The van der Waals surface area contributed by atoms with Crippen molar-refractivity contribution in [1.29, 1.82) is 0 Å². The van der Waals surface area contributed by atoms with E-state index in [0.29, 0.717) is 31.7 Å². The predicted molar refractivity (Wildman–Crippen MR) is 73.3 cm³/mol.